The standard InChI is InChI=1S/C17H18N4O4S/c1-3-24-15(22)14-9-8-11(25-14)10-26-17-19-16(20-21-17)18-12-6-4-5-7-13(12)23-2/h4-9H,3,10H2,1-2H3,(H2,18,19,20,21). The molecule has 0 fully saturated rings. The molecule has 2 N–H and O–H groups in total. The molecule has 0 saturated carbocycles. The Labute approximate surface area is 154 Å². The molecule has 0 aliphatic carbocycles. The molecule has 0 bridgehead atoms. The second kappa shape index (κ2) is 8.43. The summed E-state index contributed by atoms with van der Waals surface area (Å²) in [4.78, 5) is 16.0. The van der Waals surface area contributed by atoms with Crippen LogP contribution in [0.4, 0.5) is 11.6 Å². The number of nitrogens with zero attached hydrogens (tertiary/aromatic N) is 2. The number of carbonyl (C=O) groups excluding carboxylic acids is 1. The number of aromatic amines is 1. The lowest BCUT2D eigenvalue weighted by Crippen LogP contribution is -2.02. The fraction of sp³-hybridized carbons (Fsp3) is 0.235. The third-order valence-corrected chi connectivity index (χ3v) is 4.18. The van der Waals surface area contributed by atoms with E-state index in [4.69, 9.17) is 13.9 Å². The van der Waals surface area contributed by atoms with Crippen LogP contribution in [-0.4, -0.2) is 34.9 Å². The molecule has 0 aliphatic heterocycles. The summed E-state index contributed by atoms with van der Waals surface area (Å²) in [5, 5.41) is 10.6. The van der Waals surface area contributed by atoms with Gasteiger partial charge in [-0.3, -0.25) is 0 Å². The van der Waals surface area contributed by atoms with E-state index in [0.717, 1.165) is 5.69 Å². The number of ether oxygens (including phenoxy) is 2. The van der Waals surface area contributed by atoms with E-state index in [1.165, 1.54) is 11.8 Å². The predicted molar refractivity (Wildman–Crippen MR) is 96.9 cm³/mol. The van der Waals surface area contributed by atoms with Gasteiger partial charge in [-0.25, -0.2) is 9.89 Å². The summed E-state index contributed by atoms with van der Waals surface area (Å²) >= 11 is 1.38. The molecule has 0 radical (unpaired) electrons. The van der Waals surface area contributed by atoms with E-state index in [9.17, 15) is 4.79 Å². The molecule has 0 amide bonds. The Balaban J connectivity index is 1.58. The molecule has 0 unspecified atom stereocenters. The van der Waals surface area contributed by atoms with Crippen LogP contribution in [0.2, 0.25) is 0 Å². The maximum Gasteiger partial charge on any atom is 0.374 e. The van der Waals surface area contributed by atoms with Crippen molar-refractivity contribution in [2.45, 2.75) is 17.8 Å². The molecule has 8 nitrogen and oxygen atoms in total. The van der Waals surface area contributed by atoms with Gasteiger partial charge in [-0.05, 0) is 31.2 Å². The minimum Gasteiger partial charge on any atom is -0.495 e. The summed E-state index contributed by atoms with van der Waals surface area (Å²) in [5.74, 6) is 2.07. The Morgan fingerprint density at radius 1 is 1.31 bits per heavy atom. The van der Waals surface area contributed by atoms with Crippen molar-refractivity contribution in [2.75, 3.05) is 19.0 Å². The number of hydrogen-bond donors (Lipinski definition) is 2. The lowest BCUT2D eigenvalue weighted by Gasteiger charge is -2.07. The number of H-pyrrole nitrogens is 1. The third kappa shape index (κ3) is 4.37. The van der Waals surface area contributed by atoms with Crippen LogP contribution in [-0.2, 0) is 10.5 Å². The number of aromatic nitrogens is 3. The Morgan fingerprint density at radius 3 is 2.96 bits per heavy atom. The summed E-state index contributed by atoms with van der Waals surface area (Å²) in [6.45, 7) is 2.06. The largest absolute Gasteiger partial charge is 0.495 e. The first kappa shape index (κ1) is 17.9. The van der Waals surface area contributed by atoms with Gasteiger partial charge >= 0.3 is 5.97 Å². The molecule has 0 atom stereocenters. The number of carbonyl (C=O) groups is 1. The normalized spacial score (nSPS) is 10.5. The lowest BCUT2D eigenvalue weighted by molar-refractivity contribution is 0.0488. The predicted octanol–water partition coefficient (Wildman–Crippen LogP) is 3.62. The van der Waals surface area contributed by atoms with Crippen molar-refractivity contribution in [1.29, 1.82) is 0 Å². The number of nitrogens with one attached hydrogen (secondary N) is 2. The van der Waals surface area contributed by atoms with E-state index < -0.39 is 5.97 Å². The molecule has 3 rings (SSSR count). The number of para-hydroxylation sites is 2. The van der Waals surface area contributed by atoms with Gasteiger partial charge in [-0.15, -0.1) is 5.10 Å². The van der Waals surface area contributed by atoms with E-state index in [2.05, 4.69) is 20.5 Å². The monoisotopic (exact) mass is 374 g/mol. The van der Waals surface area contributed by atoms with Crippen molar-refractivity contribution in [1.82, 2.24) is 15.2 Å². The molecule has 3 aromatic rings. The van der Waals surface area contributed by atoms with Crippen LogP contribution >= 0.6 is 11.8 Å². The quantitative estimate of drug-likeness (QED) is 0.455. The van der Waals surface area contributed by atoms with Crippen LogP contribution in [0, 0.1) is 0 Å². The molecule has 0 aliphatic rings. The number of esters is 1. The number of thioether (sulfide) groups is 1. The summed E-state index contributed by atoms with van der Waals surface area (Å²) in [5.41, 5.74) is 0.785. The highest BCUT2D eigenvalue weighted by molar-refractivity contribution is 7.98. The third-order valence-electron chi connectivity index (χ3n) is 3.31. The number of rotatable bonds is 8. The van der Waals surface area contributed by atoms with Gasteiger partial charge in [-0.1, -0.05) is 23.9 Å². The van der Waals surface area contributed by atoms with E-state index >= 15 is 0 Å². The van der Waals surface area contributed by atoms with Gasteiger partial charge < -0.3 is 19.2 Å². The van der Waals surface area contributed by atoms with E-state index in [0.29, 0.717) is 35.0 Å². The first-order valence-corrected chi connectivity index (χ1v) is 8.89. The van der Waals surface area contributed by atoms with Crippen molar-refractivity contribution in [3.63, 3.8) is 0 Å². The van der Waals surface area contributed by atoms with Crippen LogP contribution in [0.25, 0.3) is 0 Å². The number of methoxy groups -OCH3 is 1. The number of benzene rings is 1. The van der Waals surface area contributed by atoms with Crippen molar-refractivity contribution < 1.29 is 18.7 Å². The second-order valence-electron chi connectivity index (χ2n) is 5.07. The smallest absolute Gasteiger partial charge is 0.374 e. The highest BCUT2D eigenvalue weighted by atomic mass is 32.2. The van der Waals surface area contributed by atoms with Crippen molar-refractivity contribution in [2.24, 2.45) is 0 Å². The second-order valence-corrected chi connectivity index (χ2v) is 6.01. The molecule has 9 heteroatoms. The zero-order valence-electron chi connectivity index (χ0n) is 14.3. The molecular weight excluding hydrogens is 356 g/mol. The number of hydrogen-bond acceptors (Lipinski definition) is 8. The van der Waals surface area contributed by atoms with Gasteiger partial charge in [0.2, 0.25) is 16.9 Å². The van der Waals surface area contributed by atoms with Crippen LogP contribution in [0.3, 0.4) is 0 Å². The fourth-order valence-corrected chi connectivity index (χ4v) is 2.84. The maximum absolute atomic E-state index is 11.6. The van der Waals surface area contributed by atoms with Crippen LogP contribution in [0.5, 0.6) is 5.75 Å². The summed E-state index contributed by atoms with van der Waals surface area (Å²) < 4.78 is 15.6. The SMILES string of the molecule is CCOC(=O)c1ccc(CSc2n[nH]c(Nc3ccccc3OC)n2)o1. The molecule has 136 valence electrons. The van der Waals surface area contributed by atoms with Crippen LogP contribution in [0.15, 0.2) is 46.0 Å². The molecule has 2 heterocycles. The van der Waals surface area contributed by atoms with Crippen LogP contribution < -0.4 is 10.1 Å². The highest BCUT2D eigenvalue weighted by Gasteiger charge is 2.13. The summed E-state index contributed by atoms with van der Waals surface area (Å²) in [7, 11) is 1.61. The average molecular weight is 374 g/mol. The van der Waals surface area contributed by atoms with Crippen molar-refractivity contribution in [3.05, 3.63) is 47.9 Å². The van der Waals surface area contributed by atoms with Gasteiger partial charge in [0.1, 0.15) is 11.5 Å². The Bertz CT molecular complexity index is 877. The first-order chi connectivity index (χ1) is 12.7. The summed E-state index contributed by atoms with van der Waals surface area (Å²) in [6, 6.07) is 10.9. The van der Waals surface area contributed by atoms with Gasteiger partial charge in [0.25, 0.3) is 0 Å². The topological polar surface area (TPSA) is 102 Å². The van der Waals surface area contributed by atoms with Crippen LogP contribution in [0.1, 0.15) is 23.2 Å². The van der Waals surface area contributed by atoms with E-state index in [1.54, 1.807) is 26.2 Å². The molecule has 1 aromatic carbocycles. The number of furan rings is 1. The maximum atomic E-state index is 11.6. The molecule has 0 saturated heterocycles. The van der Waals surface area contributed by atoms with Gasteiger partial charge in [-0.2, -0.15) is 4.98 Å². The Hall–Kier alpha value is -2.94. The zero-order chi connectivity index (χ0) is 18.4. The molecule has 2 aromatic heterocycles. The molecular formula is C17H18N4O4S. The first-order valence-electron chi connectivity index (χ1n) is 7.90. The Morgan fingerprint density at radius 2 is 2.15 bits per heavy atom. The Kier molecular flexibility index (Phi) is 5.80. The number of anilines is 2. The minimum absolute atomic E-state index is 0.191. The molecule has 26 heavy (non-hydrogen) atoms. The van der Waals surface area contributed by atoms with Crippen molar-refractivity contribution >= 4 is 29.4 Å². The van der Waals surface area contributed by atoms with E-state index in [1.807, 2.05) is 24.3 Å². The fourth-order valence-electron chi connectivity index (χ4n) is 2.15. The van der Waals surface area contributed by atoms with Gasteiger partial charge in [0.15, 0.2) is 0 Å². The zero-order valence-corrected chi connectivity index (χ0v) is 15.1. The van der Waals surface area contributed by atoms with E-state index in [-0.39, 0.29) is 5.76 Å². The van der Waals surface area contributed by atoms with Gasteiger partial charge in [0.05, 0.1) is 25.2 Å². The molecule has 0 spiro atoms. The lowest BCUT2D eigenvalue weighted by atomic mass is 10.3. The average Bonchev–Trinajstić information content (AvgIpc) is 3.30. The highest BCUT2D eigenvalue weighted by Crippen LogP contribution is 2.27. The van der Waals surface area contributed by atoms with Crippen molar-refractivity contribution in [3.8, 4) is 5.75 Å². The summed E-state index contributed by atoms with van der Waals surface area (Å²) in [6.07, 6.45) is 0. The minimum atomic E-state index is -0.468. The van der Waals surface area contributed by atoms with Gasteiger partial charge in [0, 0.05) is 0 Å².